The topological polar surface area (TPSA) is 43.9 Å². The van der Waals surface area contributed by atoms with E-state index in [9.17, 15) is 9.59 Å². The van der Waals surface area contributed by atoms with Crippen LogP contribution in [0.25, 0.3) is 6.08 Å². The van der Waals surface area contributed by atoms with Gasteiger partial charge in [0.25, 0.3) is 0 Å². The van der Waals surface area contributed by atoms with Crippen molar-refractivity contribution in [2.24, 2.45) is 0 Å². The van der Waals surface area contributed by atoms with Gasteiger partial charge in [-0.25, -0.2) is 0 Å². The predicted molar refractivity (Wildman–Crippen MR) is 94.3 cm³/mol. The van der Waals surface area contributed by atoms with Gasteiger partial charge in [-0.3, -0.25) is 9.59 Å². The van der Waals surface area contributed by atoms with Gasteiger partial charge in [0.05, 0.1) is 0 Å². The molecule has 1 saturated heterocycles. The second-order valence-electron chi connectivity index (χ2n) is 6.07. The largest absolute Gasteiger partial charge is 0.339 e. The van der Waals surface area contributed by atoms with E-state index in [-0.39, 0.29) is 11.8 Å². The SMILES string of the molecule is C/C(=C\c1cccs1)C(=O)N1CCN(C(=O)CCN(C)C)CC1. The molecule has 1 aliphatic rings. The molecule has 126 valence electrons. The highest BCUT2D eigenvalue weighted by molar-refractivity contribution is 7.10. The molecule has 0 aliphatic carbocycles. The number of amides is 2. The van der Waals surface area contributed by atoms with Crippen molar-refractivity contribution in [1.82, 2.24) is 14.7 Å². The fraction of sp³-hybridized carbons (Fsp3) is 0.529. The Morgan fingerprint density at radius 2 is 1.87 bits per heavy atom. The molecule has 2 amide bonds. The maximum Gasteiger partial charge on any atom is 0.249 e. The van der Waals surface area contributed by atoms with Gasteiger partial charge >= 0.3 is 0 Å². The smallest absolute Gasteiger partial charge is 0.249 e. The summed E-state index contributed by atoms with van der Waals surface area (Å²) >= 11 is 1.62. The number of thiophene rings is 1. The minimum Gasteiger partial charge on any atom is -0.339 e. The number of carbonyl (C=O) groups is 2. The van der Waals surface area contributed by atoms with E-state index in [2.05, 4.69) is 0 Å². The first-order valence-corrected chi connectivity index (χ1v) is 8.79. The quantitative estimate of drug-likeness (QED) is 0.771. The van der Waals surface area contributed by atoms with Gasteiger partial charge in [-0.15, -0.1) is 11.3 Å². The van der Waals surface area contributed by atoms with Crippen LogP contribution in [0.3, 0.4) is 0 Å². The highest BCUT2D eigenvalue weighted by Crippen LogP contribution is 2.15. The van der Waals surface area contributed by atoms with Crippen molar-refractivity contribution in [1.29, 1.82) is 0 Å². The van der Waals surface area contributed by atoms with E-state index in [1.54, 1.807) is 11.3 Å². The molecule has 2 heterocycles. The molecule has 0 atom stereocenters. The fourth-order valence-corrected chi connectivity index (χ4v) is 3.25. The third kappa shape index (κ3) is 5.18. The number of rotatable bonds is 5. The normalized spacial score (nSPS) is 16.1. The third-order valence-electron chi connectivity index (χ3n) is 3.93. The van der Waals surface area contributed by atoms with E-state index in [0.717, 1.165) is 17.0 Å². The minimum atomic E-state index is 0.0683. The zero-order chi connectivity index (χ0) is 16.8. The first-order chi connectivity index (χ1) is 11.0. The standard InChI is InChI=1S/C17H25N3O2S/c1-14(13-15-5-4-12-23-15)17(22)20-10-8-19(9-11-20)16(21)6-7-18(2)3/h4-5,12-13H,6-11H2,1-3H3/b14-13+. The molecule has 0 radical (unpaired) electrons. The zero-order valence-electron chi connectivity index (χ0n) is 14.1. The van der Waals surface area contributed by atoms with Crippen molar-refractivity contribution in [3.8, 4) is 0 Å². The average Bonchev–Trinajstić information content (AvgIpc) is 3.05. The monoisotopic (exact) mass is 335 g/mol. The van der Waals surface area contributed by atoms with Crippen LogP contribution in [0.4, 0.5) is 0 Å². The van der Waals surface area contributed by atoms with Gasteiger partial charge < -0.3 is 14.7 Å². The Labute approximate surface area is 142 Å². The number of hydrogen-bond acceptors (Lipinski definition) is 4. The maximum absolute atomic E-state index is 12.5. The summed E-state index contributed by atoms with van der Waals surface area (Å²) in [6.45, 7) is 5.11. The van der Waals surface area contributed by atoms with Crippen LogP contribution in [0.5, 0.6) is 0 Å². The summed E-state index contributed by atoms with van der Waals surface area (Å²) in [6.07, 6.45) is 2.47. The second kappa shape index (κ2) is 8.26. The molecule has 1 aliphatic heterocycles. The molecular formula is C17H25N3O2S. The molecule has 23 heavy (non-hydrogen) atoms. The van der Waals surface area contributed by atoms with Gasteiger partial charge in [-0.05, 0) is 38.5 Å². The van der Waals surface area contributed by atoms with Gasteiger partial charge in [-0.2, -0.15) is 0 Å². The fourth-order valence-electron chi connectivity index (χ4n) is 2.53. The summed E-state index contributed by atoms with van der Waals surface area (Å²) in [5.74, 6) is 0.246. The Bertz CT molecular complexity index is 558. The lowest BCUT2D eigenvalue weighted by Gasteiger charge is -2.35. The summed E-state index contributed by atoms with van der Waals surface area (Å²) in [5, 5.41) is 2.00. The summed E-state index contributed by atoms with van der Waals surface area (Å²) in [5.41, 5.74) is 0.750. The second-order valence-corrected chi connectivity index (χ2v) is 7.05. The Hall–Kier alpha value is -1.66. The van der Waals surface area contributed by atoms with E-state index in [4.69, 9.17) is 0 Å². The van der Waals surface area contributed by atoms with Crippen molar-refractivity contribution >= 4 is 29.2 Å². The summed E-state index contributed by atoms with van der Waals surface area (Å²) in [7, 11) is 3.93. The van der Waals surface area contributed by atoms with Crippen LogP contribution in [0, 0.1) is 0 Å². The van der Waals surface area contributed by atoms with Crippen molar-refractivity contribution in [2.45, 2.75) is 13.3 Å². The molecule has 6 heteroatoms. The minimum absolute atomic E-state index is 0.0683. The summed E-state index contributed by atoms with van der Waals surface area (Å²) in [4.78, 5) is 31.4. The highest BCUT2D eigenvalue weighted by atomic mass is 32.1. The van der Waals surface area contributed by atoms with Crippen molar-refractivity contribution in [3.63, 3.8) is 0 Å². The van der Waals surface area contributed by atoms with Crippen LogP contribution in [-0.2, 0) is 9.59 Å². The number of piperazine rings is 1. The molecule has 0 N–H and O–H groups in total. The predicted octanol–water partition coefficient (Wildman–Crippen LogP) is 1.77. The van der Waals surface area contributed by atoms with Crippen LogP contribution in [0.2, 0.25) is 0 Å². The molecule has 0 saturated carbocycles. The van der Waals surface area contributed by atoms with Crippen molar-refractivity contribution in [3.05, 3.63) is 28.0 Å². The molecule has 1 aromatic heterocycles. The van der Waals surface area contributed by atoms with Crippen LogP contribution in [0.1, 0.15) is 18.2 Å². The van der Waals surface area contributed by atoms with Crippen LogP contribution < -0.4 is 0 Å². The van der Waals surface area contributed by atoms with E-state index in [1.807, 2.05) is 59.3 Å². The molecule has 0 spiro atoms. The first-order valence-electron chi connectivity index (χ1n) is 7.91. The lowest BCUT2D eigenvalue weighted by Crippen LogP contribution is -2.51. The van der Waals surface area contributed by atoms with Gasteiger partial charge in [0.15, 0.2) is 0 Å². The lowest BCUT2D eigenvalue weighted by atomic mass is 10.2. The molecule has 0 bridgehead atoms. The van der Waals surface area contributed by atoms with Gasteiger partial charge in [0.1, 0.15) is 0 Å². The zero-order valence-corrected chi connectivity index (χ0v) is 14.9. The Morgan fingerprint density at radius 3 is 2.43 bits per heavy atom. The van der Waals surface area contributed by atoms with E-state index >= 15 is 0 Å². The van der Waals surface area contributed by atoms with E-state index in [0.29, 0.717) is 32.6 Å². The summed E-state index contributed by atoms with van der Waals surface area (Å²) in [6, 6.07) is 3.98. The van der Waals surface area contributed by atoms with Crippen LogP contribution >= 0.6 is 11.3 Å². The third-order valence-corrected chi connectivity index (χ3v) is 4.75. The Kier molecular flexibility index (Phi) is 6.36. The molecule has 1 aromatic rings. The lowest BCUT2D eigenvalue weighted by molar-refractivity contribution is -0.137. The van der Waals surface area contributed by atoms with Gasteiger partial charge in [0.2, 0.25) is 11.8 Å². The molecule has 2 rings (SSSR count). The Balaban J connectivity index is 1.84. The number of hydrogen-bond donors (Lipinski definition) is 0. The van der Waals surface area contributed by atoms with Gasteiger partial charge in [0, 0.05) is 49.6 Å². The van der Waals surface area contributed by atoms with E-state index in [1.165, 1.54) is 0 Å². The number of nitrogens with zero attached hydrogens (tertiary/aromatic N) is 3. The van der Waals surface area contributed by atoms with E-state index < -0.39 is 0 Å². The molecule has 1 fully saturated rings. The van der Waals surface area contributed by atoms with Crippen molar-refractivity contribution < 1.29 is 9.59 Å². The maximum atomic E-state index is 12.5. The molecular weight excluding hydrogens is 310 g/mol. The summed E-state index contributed by atoms with van der Waals surface area (Å²) < 4.78 is 0. The van der Waals surface area contributed by atoms with Crippen LogP contribution in [0.15, 0.2) is 23.1 Å². The Morgan fingerprint density at radius 1 is 1.22 bits per heavy atom. The average molecular weight is 335 g/mol. The number of carbonyl (C=O) groups excluding carboxylic acids is 2. The van der Waals surface area contributed by atoms with Crippen molar-refractivity contribution in [2.75, 3.05) is 46.8 Å². The molecule has 5 nitrogen and oxygen atoms in total. The first kappa shape index (κ1) is 17.7. The van der Waals surface area contributed by atoms with Crippen LogP contribution in [-0.4, -0.2) is 73.3 Å². The molecule has 0 unspecified atom stereocenters. The highest BCUT2D eigenvalue weighted by Gasteiger charge is 2.24. The molecule has 0 aromatic carbocycles. The van der Waals surface area contributed by atoms with Gasteiger partial charge in [-0.1, -0.05) is 6.07 Å².